The van der Waals surface area contributed by atoms with E-state index in [1.165, 1.54) is 5.56 Å². The lowest BCUT2D eigenvalue weighted by molar-refractivity contribution is -0.589. The normalized spacial score (nSPS) is 11.0. The summed E-state index contributed by atoms with van der Waals surface area (Å²) in [5.74, 6) is 1.24. The average molecular weight is 240 g/mol. The molecule has 0 aliphatic rings. The zero-order chi connectivity index (χ0) is 12.5. The first-order chi connectivity index (χ1) is 8.72. The maximum atomic E-state index is 5.67. The lowest BCUT2D eigenvalue weighted by Gasteiger charge is -1.92. The predicted octanol–water partition coefficient (Wildman–Crippen LogP) is 2.02. The van der Waals surface area contributed by atoms with Crippen molar-refractivity contribution in [2.24, 2.45) is 0 Å². The van der Waals surface area contributed by atoms with Crippen molar-refractivity contribution in [1.82, 2.24) is 10.1 Å². The van der Waals surface area contributed by atoms with Gasteiger partial charge in [0.2, 0.25) is 5.89 Å². The largest absolute Gasteiger partial charge is 0.531 e. The molecule has 0 saturated heterocycles. The summed E-state index contributed by atoms with van der Waals surface area (Å²) in [6.07, 6.45) is 0.683. The van der Waals surface area contributed by atoms with Crippen molar-refractivity contribution < 1.29 is 8.93 Å². The Morgan fingerprint density at radius 2 is 1.94 bits per heavy atom. The van der Waals surface area contributed by atoms with Gasteiger partial charge < -0.3 is 4.42 Å². The van der Waals surface area contributed by atoms with E-state index >= 15 is 0 Å². The van der Waals surface area contributed by atoms with Crippen LogP contribution in [0.3, 0.4) is 0 Å². The molecule has 3 aromatic rings. The minimum Gasteiger partial charge on any atom is -0.368 e. The minimum atomic E-state index is 0.554. The van der Waals surface area contributed by atoms with Gasteiger partial charge in [0.25, 0.3) is 0 Å². The van der Waals surface area contributed by atoms with Crippen LogP contribution in [-0.4, -0.2) is 10.1 Å². The van der Waals surface area contributed by atoms with Crippen LogP contribution in [0.5, 0.6) is 0 Å². The van der Waals surface area contributed by atoms with E-state index in [0.717, 1.165) is 11.4 Å². The van der Waals surface area contributed by atoms with Crippen LogP contribution in [0.4, 0.5) is 0 Å². The maximum absolute atomic E-state index is 5.67. The van der Waals surface area contributed by atoms with Crippen LogP contribution in [0.1, 0.15) is 22.8 Å². The molecule has 0 aliphatic heterocycles. The summed E-state index contributed by atoms with van der Waals surface area (Å²) in [4.78, 5) is 4.33. The van der Waals surface area contributed by atoms with E-state index in [1.54, 1.807) is 4.52 Å². The summed E-state index contributed by atoms with van der Waals surface area (Å²) < 4.78 is 7.42. The van der Waals surface area contributed by atoms with Crippen LogP contribution in [-0.2, 0) is 6.42 Å². The number of nitrogens with zero attached hydrogens (tertiary/aromatic N) is 3. The zero-order valence-electron chi connectivity index (χ0n) is 10.4. The molecule has 0 fully saturated rings. The molecule has 2 heterocycles. The van der Waals surface area contributed by atoms with Crippen LogP contribution in [0.15, 0.2) is 40.8 Å². The fraction of sp³-hybridized carbons (Fsp3) is 0.214. The van der Waals surface area contributed by atoms with Crippen molar-refractivity contribution >= 4 is 5.84 Å². The van der Waals surface area contributed by atoms with Crippen molar-refractivity contribution in [3.8, 4) is 0 Å². The molecule has 0 amide bonds. The number of hydrogen-bond acceptors (Lipinski definition) is 3. The number of fused-ring (bicyclic) bond motifs is 1. The van der Waals surface area contributed by atoms with Crippen LogP contribution in [0.2, 0.25) is 0 Å². The average Bonchev–Trinajstić information content (AvgIpc) is 2.73. The third-order valence-electron chi connectivity index (χ3n) is 2.82. The Hall–Kier alpha value is -2.23. The zero-order valence-corrected chi connectivity index (χ0v) is 10.4. The molecule has 1 aromatic carbocycles. The molecule has 18 heavy (non-hydrogen) atoms. The molecule has 0 aliphatic carbocycles. The van der Waals surface area contributed by atoms with E-state index in [4.69, 9.17) is 4.42 Å². The van der Waals surface area contributed by atoms with Crippen molar-refractivity contribution in [3.63, 3.8) is 0 Å². The molecule has 0 bridgehead atoms. The minimum absolute atomic E-state index is 0.554. The molecule has 0 radical (unpaired) electrons. The molecule has 0 atom stereocenters. The van der Waals surface area contributed by atoms with Gasteiger partial charge in [-0.3, -0.25) is 0 Å². The highest BCUT2D eigenvalue weighted by atomic mass is 16.4. The highest BCUT2D eigenvalue weighted by Crippen LogP contribution is 2.08. The highest BCUT2D eigenvalue weighted by Gasteiger charge is 2.18. The summed E-state index contributed by atoms with van der Waals surface area (Å²) in [6.45, 7) is 3.95. The van der Waals surface area contributed by atoms with Gasteiger partial charge in [0.1, 0.15) is 5.69 Å². The molecule has 0 unspecified atom stereocenters. The molecule has 0 spiro atoms. The van der Waals surface area contributed by atoms with Gasteiger partial charge >= 0.3 is 5.84 Å². The van der Waals surface area contributed by atoms with Crippen molar-refractivity contribution in [2.45, 2.75) is 20.3 Å². The number of hydrogen-bond donors (Lipinski definition) is 0. The van der Waals surface area contributed by atoms with Crippen LogP contribution in [0, 0.1) is 13.8 Å². The fourth-order valence-corrected chi connectivity index (χ4v) is 2.01. The molecule has 4 nitrogen and oxygen atoms in total. The van der Waals surface area contributed by atoms with E-state index in [2.05, 4.69) is 22.2 Å². The predicted molar refractivity (Wildman–Crippen MR) is 66.2 cm³/mol. The second-order valence-electron chi connectivity index (χ2n) is 4.39. The Balaban J connectivity index is 2.01. The molecule has 90 valence electrons. The third-order valence-corrected chi connectivity index (χ3v) is 2.82. The lowest BCUT2D eigenvalue weighted by Crippen LogP contribution is -2.28. The molecular formula is C14H14N3O+. The highest BCUT2D eigenvalue weighted by molar-refractivity contribution is 5.20. The molecule has 4 heteroatoms. The number of rotatable bonds is 2. The Bertz CT molecular complexity index is 689. The standard InChI is InChI=1S/C14H14N3O/c1-10-8-11(2)17-14(15-10)18-13(16-17)9-12-6-4-3-5-7-12/h3-8H,9H2,1-2H3/q+1. The second-order valence-corrected chi connectivity index (χ2v) is 4.39. The number of aromatic nitrogens is 3. The summed E-state index contributed by atoms with van der Waals surface area (Å²) >= 11 is 0. The summed E-state index contributed by atoms with van der Waals surface area (Å²) in [5, 5.41) is 4.44. The Morgan fingerprint density at radius 1 is 1.17 bits per heavy atom. The van der Waals surface area contributed by atoms with Gasteiger partial charge in [-0.1, -0.05) is 34.8 Å². The van der Waals surface area contributed by atoms with Gasteiger partial charge in [-0.15, -0.1) is 0 Å². The quantitative estimate of drug-likeness (QED) is 0.644. The van der Waals surface area contributed by atoms with Gasteiger partial charge in [0.15, 0.2) is 5.69 Å². The van der Waals surface area contributed by atoms with E-state index in [-0.39, 0.29) is 0 Å². The van der Waals surface area contributed by atoms with Gasteiger partial charge in [-0.25, -0.2) is 0 Å². The summed E-state index contributed by atoms with van der Waals surface area (Å²) in [5.41, 5.74) is 3.15. The first kappa shape index (κ1) is 10.9. The van der Waals surface area contributed by atoms with Gasteiger partial charge in [0, 0.05) is 19.9 Å². The number of benzene rings is 1. The van der Waals surface area contributed by atoms with E-state index in [1.807, 2.05) is 38.1 Å². The Kier molecular flexibility index (Phi) is 2.55. The summed E-state index contributed by atoms with van der Waals surface area (Å²) in [6, 6.07) is 12.1. The van der Waals surface area contributed by atoms with Crippen molar-refractivity contribution in [3.05, 3.63) is 59.2 Å². The molecule has 2 aromatic heterocycles. The van der Waals surface area contributed by atoms with Gasteiger partial charge in [0.05, 0.1) is 6.42 Å². The lowest BCUT2D eigenvalue weighted by atomic mass is 10.2. The van der Waals surface area contributed by atoms with Crippen LogP contribution < -0.4 is 4.52 Å². The Labute approximate surface area is 105 Å². The maximum Gasteiger partial charge on any atom is 0.531 e. The SMILES string of the molecule is Cc1cc(C)[n+]2nc(Cc3ccccc3)oc2n1. The molecular weight excluding hydrogens is 226 g/mol. The van der Waals surface area contributed by atoms with Crippen molar-refractivity contribution in [2.75, 3.05) is 0 Å². The number of aryl methyl sites for hydroxylation is 2. The van der Waals surface area contributed by atoms with E-state index in [9.17, 15) is 0 Å². The smallest absolute Gasteiger partial charge is 0.368 e. The molecule has 0 N–H and O–H groups in total. The van der Waals surface area contributed by atoms with Crippen LogP contribution in [0.25, 0.3) is 5.84 Å². The third kappa shape index (κ3) is 1.97. The fourth-order valence-electron chi connectivity index (χ4n) is 2.01. The topological polar surface area (TPSA) is 43.0 Å². The van der Waals surface area contributed by atoms with E-state index in [0.29, 0.717) is 18.2 Å². The first-order valence-corrected chi connectivity index (χ1v) is 5.92. The van der Waals surface area contributed by atoms with E-state index < -0.39 is 0 Å². The second kappa shape index (κ2) is 4.22. The van der Waals surface area contributed by atoms with Gasteiger partial charge in [-0.2, -0.15) is 0 Å². The van der Waals surface area contributed by atoms with Crippen LogP contribution >= 0.6 is 0 Å². The molecule has 0 saturated carbocycles. The summed E-state index contributed by atoms with van der Waals surface area (Å²) in [7, 11) is 0. The monoisotopic (exact) mass is 240 g/mol. The van der Waals surface area contributed by atoms with Gasteiger partial charge in [-0.05, 0) is 15.6 Å². The molecule has 3 rings (SSSR count). The first-order valence-electron chi connectivity index (χ1n) is 5.92. The van der Waals surface area contributed by atoms with Crippen molar-refractivity contribution in [1.29, 1.82) is 0 Å². The Morgan fingerprint density at radius 3 is 2.72 bits per heavy atom.